The Morgan fingerprint density at radius 1 is 1.16 bits per heavy atom. The molecule has 0 aliphatic carbocycles. The largest absolute Gasteiger partial charge is 0.493 e. The molecule has 0 aliphatic rings. The minimum absolute atomic E-state index is 0.0506. The molecule has 0 aromatic heterocycles. The van der Waals surface area contributed by atoms with E-state index in [1.807, 2.05) is 0 Å². The first-order valence-corrected chi connectivity index (χ1v) is 5.84. The van der Waals surface area contributed by atoms with Crippen LogP contribution in [0.4, 0.5) is 13.2 Å². The zero-order valence-corrected chi connectivity index (χ0v) is 10.8. The Morgan fingerprint density at radius 3 is 2.32 bits per heavy atom. The minimum atomic E-state index is -4.18. The van der Waals surface area contributed by atoms with Crippen LogP contribution < -0.4 is 9.47 Å². The number of halogens is 3. The number of hydrogen-bond acceptors (Lipinski definition) is 3. The molecule has 0 amide bonds. The Hall–Kier alpha value is -1.43. The van der Waals surface area contributed by atoms with Crippen molar-refractivity contribution in [1.82, 2.24) is 0 Å². The number of aliphatic hydroxyl groups is 1. The molecule has 0 saturated heterocycles. The van der Waals surface area contributed by atoms with E-state index in [1.54, 1.807) is 18.2 Å². The van der Waals surface area contributed by atoms with E-state index < -0.39 is 18.7 Å². The topological polar surface area (TPSA) is 38.7 Å². The third-order valence-corrected chi connectivity index (χ3v) is 2.73. The second kappa shape index (κ2) is 6.65. The minimum Gasteiger partial charge on any atom is -0.493 e. The number of aliphatic hydroxyl groups excluding tert-OH is 1. The molecular weight excluding hydrogens is 261 g/mol. The molecule has 1 aromatic rings. The van der Waals surface area contributed by atoms with Crippen molar-refractivity contribution in [2.75, 3.05) is 14.2 Å². The Morgan fingerprint density at radius 2 is 1.79 bits per heavy atom. The molecule has 108 valence electrons. The van der Waals surface area contributed by atoms with Crippen LogP contribution in [-0.2, 0) is 0 Å². The molecule has 0 fully saturated rings. The molecule has 19 heavy (non-hydrogen) atoms. The molecule has 6 heteroatoms. The highest BCUT2D eigenvalue weighted by Crippen LogP contribution is 2.32. The van der Waals surface area contributed by atoms with Crippen molar-refractivity contribution in [2.24, 2.45) is 0 Å². The molecule has 1 aromatic carbocycles. The van der Waals surface area contributed by atoms with Gasteiger partial charge in [0.15, 0.2) is 11.5 Å². The molecule has 1 unspecified atom stereocenters. The lowest BCUT2D eigenvalue weighted by Gasteiger charge is -2.14. The van der Waals surface area contributed by atoms with E-state index in [4.69, 9.17) is 9.47 Å². The van der Waals surface area contributed by atoms with Gasteiger partial charge in [-0.2, -0.15) is 13.2 Å². The average molecular weight is 278 g/mol. The van der Waals surface area contributed by atoms with Crippen molar-refractivity contribution in [3.8, 4) is 11.5 Å². The monoisotopic (exact) mass is 278 g/mol. The highest BCUT2D eigenvalue weighted by Gasteiger charge is 2.26. The van der Waals surface area contributed by atoms with Crippen molar-refractivity contribution in [2.45, 2.75) is 31.5 Å². The molecule has 0 heterocycles. The third-order valence-electron chi connectivity index (χ3n) is 2.73. The number of rotatable bonds is 6. The summed E-state index contributed by atoms with van der Waals surface area (Å²) in [5.41, 5.74) is 0.514. The Bertz CT molecular complexity index is 405. The second-order valence-corrected chi connectivity index (χ2v) is 4.14. The summed E-state index contributed by atoms with van der Waals surface area (Å²) >= 11 is 0. The van der Waals surface area contributed by atoms with Crippen LogP contribution in [0.2, 0.25) is 0 Å². The van der Waals surface area contributed by atoms with Crippen LogP contribution in [-0.4, -0.2) is 25.5 Å². The van der Waals surface area contributed by atoms with Crippen LogP contribution in [0.15, 0.2) is 18.2 Å². The number of alkyl halides is 3. The zero-order valence-electron chi connectivity index (χ0n) is 10.8. The van der Waals surface area contributed by atoms with Gasteiger partial charge in [0, 0.05) is 6.42 Å². The van der Waals surface area contributed by atoms with Crippen LogP contribution in [0.3, 0.4) is 0 Å². The van der Waals surface area contributed by atoms with Gasteiger partial charge in [-0.05, 0) is 30.5 Å². The van der Waals surface area contributed by atoms with Crippen molar-refractivity contribution in [3.05, 3.63) is 23.8 Å². The van der Waals surface area contributed by atoms with Crippen LogP contribution in [0.1, 0.15) is 30.9 Å². The molecule has 1 rings (SSSR count). The number of benzene rings is 1. The smallest absolute Gasteiger partial charge is 0.389 e. The Labute approximate surface area is 110 Å². The van der Waals surface area contributed by atoms with Gasteiger partial charge in [-0.25, -0.2) is 0 Å². The summed E-state index contributed by atoms with van der Waals surface area (Å²) in [4.78, 5) is 0. The molecule has 0 radical (unpaired) electrons. The fraction of sp³-hybridized carbons (Fsp3) is 0.538. The first-order valence-electron chi connectivity index (χ1n) is 5.84. The van der Waals surface area contributed by atoms with Crippen molar-refractivity contribution < 1.29 is 27.8 Å². The van der Waals surface area contributed by atoms with E-state index in [0.717, 1.165) is 0 Å². The van der Waals surface area contributed by atoms with E-state index in [0.29, 0.717) is 17.1 Å². The van der Waals surface area contributed by atoms with E-state index in [9.17, 15) is 18.3 Å². The fourth-order valence-corrected chi connectivity index (χ4v) is 1.72. The van der Waals surface area contributed by atoms with E-state index in [1.165, 1.54) is 14.2 Å². The summed E-state index contributed by atoms with van der Waals surface area (Å²) in [6.07, 6.45) is -6.08. The van der Waals surface area contributed by atoms with Crippen LogP contribution in [0.5, 0.6) is 11.5 Å². The maximum absolute atomic E-state index is 12.0. The van der Waals surface area contributed by atoms with Gasteiger partial charge in [0.05, 0.1) is 20.3 Å². The summed E-state index contributed by atoms with van der Waals surface area (Å²) in [5, 5.41) is 9.84. The standard InChI is InChI=1S/C13H17F3O3/c1-18-11-6-5-9(8-12(11)19-2)10(17)4-3-7-13(14,15)16/h5-6,8,10,17H,3-4,7H2,1-2H3. The van der Waals surface area contributed by atoms with E-state index >= 15 is 0 Å². The molecular formula is C13H17F3O3. The Kier molecular flexibility index (Phi) is 5.47. The molecule has 0 saturated carbocycles. The maximum Gasteiger partial charge on any atom is 0.389 e. The summed E-state index contributed by atoms with van der Waals surface area (Å²) in [6, 6.07) is 4.79. The molecule has 0 aliphatic heterocycles. The number of hydrogen-bond donors (Lipinski definition) is 1. The second-order valence-electron chi connectivity index (χ2n) is 4.14. The lowest BCUT2D eigenvalue weighted by atomic mass is 10.0. The first kappa shape index (κ1) is 15.6. The lowest BCUT2D eigenvalue weighted by molar-refractivity contribution is -0.136. The molecule has 1 atom stereocenters. The normalized spacial score (nSPS) is 13.2. The highest BCUT2D eigenvalue weighted by atomic mass is 19.4. The number of methoxy groups -OCH3 is 2. The fourth-order valence-electron chi connectivity index (χ4n) is 1.72. The molecule has 3 nitrogen and oxygen atoms in total. The van der Waals surface area contributed by atoms with Gasteiger partial charge in [0.2, 0.25) is 0 Å². The van der Waals surface area contributed by atoms with Crippen LogP contribution in [0.25, 0.3) is 0 Å². The van der Waals surface area contributed by atoms with Gasteiger partial charge in [-0.3, -0.25) is 0 Å². The van der Waals surface area contributed by atoms with Gasteiger partial charge >= 0.3 is 6.18 Å². The summed E-state index contributed by atoms with van der Waals surface area (Å²) in [7, 11) is 2.94. The van der Waals surface area contributed by atoms with Crippen molar-refractivity contribution in [1.29, 1.82) is 0 Å². The quantitative estimate of drug-likeness (QED) is 0.866. The summed E-state index contributed by atoms with van der Waals surface area (Å²) in [5.74, 6) is 0.948. The lowest BCUT2D eigenvalue weighted by Crippen LogP contribution is -2.08. The van der Waals surface area contributed by atoms with Gasteiger partial charge in [-0.1, -0.05) is 6.07 Å². The highest BCUT2D eigenvalue weighted by molar-refractivity contribution is 5.43. The predicted octanol–water partition coefficient (Wildman–Crippen LogP) is 3.47. The predicted molar refractivity (Wildman–Crippen MR) is 64.4 cm³/mol. The van der Waals surface area contributed by atoms with E-state index in [2.05, 4.69) is 0 Å². The summed E-state index contributed by atoms with van der Waals surface area (Å²) < 4.78 is 46.1. The maximum atomic E-state index is 12.0. The zero-order chi connectivity index (χ0) is 14.5. The number of ether oxygens (including phenoxy) is 2. The SMILES string of the molecule is COc1ccc(C(O)CCCC(F)(F)F)cc1OC. The van der Waals surface area contributed by atoms with Crippen molar-refractivity contribution >= 4 is 0 Å². The molecule has 1 N–H and O–H groups in total. The van der Waals surface area contributed by atoms with Crippen LogP contribution in [0, 0.1) is 0 Å². The Balaban J connectivity index is 2.64. The van der Waals surface area contributed by atoms with Crippen LogP contribution >= 0.6 is 0 Å². The average Bonchev–Trinajstić information content (AvgIpc) is 2.36. The molecule has 0 bridgehead atoms. The third kappa shape index (κ3) is 4.98. The van der Waals surface area contributed by atoms with Crippen molar-refractivity contribution in [3.63, 3.8) is 0 Å². The van der Waals surface area contributed by atoms with Gasteiger partial charge in [0.1, 0.15) is 0 Å². The van der Waals surface area contributed by atoms with Gasteiger partial charge < -0.3 is 14.6 Å². The first-order chi connectivity index (χ1) is 8.87. The summed E-state index contributed by atoms with van der Waals surface area (Å²) in [6.45, 7) is 0. The molecule has 0 spiro atoms. The van der Waals surface area contributed by atoms with Gasteiger partial charge in [-0.15, -0.1) is 0 Å². The van der Waals surface area contributed by atoms with E-state index in [-0.39, 0.29) is 12.8 Å². The van der Waals surface area contributed by atoms with Gasteiger partial charge in [0.25, 0.3) is 0 Å².